The van der Waals surface area contributed by atoms with Crippen LogP contribution in [0.15, 0.2) is 18.2 Å². The average Bonchev–Trinajstić information content (AvgIpc) is 2.92. The minimum atomic E-state index is -0.560. The lowest BCUT2D eigenvalue weighted by atomic mass is 10.1. The van der Waals surface area contributed by atoms with Crippen LogP contribution in [0, 0.1) is 0 Å². The molecule has 1 aromatic carbocycles. The van der Waals surface area contributed by atoms with Gasteiger partial charge in [-0.1, -0.05) is 31.7 Å². The maximum Gasteiger partial charge on any atom is 0.309 e. The monoisotopic (exact) mass is 376 g/mol. The minimum Gasteiger partial charge on any atom is -0.490 e. The first kappa shape index (κ1) is 21.1. The quantitative estimate of drug-likeness (QED) is 0.540. The molecule has 0 heterocycles. The van der Waals surface area contributed by atoms with Gasteiger partial charge in [0.25, 0.3) is 0 Å². The van der Waals surface area contributed by atoms with Gasteiger partial charge < -0.3 is 20.1 Å². The summed E-state index contributed by atoms with van der Waals surface area (Å²) in [7, 11) is 0. The summed E-state index contributed by atoms with van der Waals surface area (Å²) in [5.41, 5.74) is 1.02. The van der Waals surface area contributed by atoms with Crippen molar-refractivity contribution in [1.29, 1.82) is 0 Å². The molecule has 0 bridgehead atoms. The Morgan fingerprint density at radius 2 is 1.63 bits per heavy atom. The standard InChI is InChI=1S/C21H32N2O4/c1-3-26-18-12-11-16(15-19(18)27-4-2)13-14-22-20(24)21(25)23-17-9-7-5-6-8-10-17/h11-12,15,17H,3-10,13-14H2,1-2H3,(H,22,24)(H,23,25). The predicted molar refractivity (Wildman–Crippen MR) is 105 cm³/mol. The van der Waals surface area contributed by atoms with E-state index in [2.05, 4.69) is 10.6 Å². The lowest BCUT2D eigenvalue weighted by Crippen LogP contribution is -2.44. The molecule has 0 unspecified atom stereocenters. The summed E-state index contributed by atoms with van der Waals surface area (Å²) in [6.45, 7) is 5.39. The SMILES string of the molecule is CCOc1ccc(CCNC(=O)C(=O)NC2CCCCCC2)cc1OCC. The molecule has 1 saturated carbocycles. The Kier molecular flexibility index (Phi) is 8.95. The zero-order chi connectivity index (χ0) is 19.5. The Morgan fingerprint density at radius 3 is 2.30 bits per heavy atom. The van der Waals surface area contributed by atoms with Gasteiger partial charge in [0, 0.05) is 12.6 Å². The molecule has 150 valence electrons. The second kappa shape index (κ2) is 11.5. The van der Waals surface area contributed by atoms with Crippen LogP contribution in [0.2, 0.25) is 0 Å². The van der Waals surface area contributed by atoms with Crippen molar-refractivity contribution in [1.82, 2.24) is 10.6 Å². The van der Waals surface area contributed by atoms with Gasteiger partial charge >= 0.3 is 11.8 Å². The number of nitrogens with one attached hydrogen (secondary N) is 2. The fourth-order valence-corrected chi connectivity index (χ4v) is 3.33. The topological polar surface area (TPSA) is 76.7 Å². The predicted octanol–water partition coefficient (Wildman–Crippen LogP) is 2.98. The van der Waals surface area contributed by atoms with Crippen molar-refractivity contribution in [2.24, 2.45) is 0 Å². The first-order valence-corrected chi connectivity index (χ1v) is 10.1. The molecule has 0 radical (unpaired) electrons. The van der Waals surface area contributed by atoms with E-state index in [9.17, 15) is 9.59 Å². The molecule has 0 atom stereocenters. The summed E-state index contributed by atoms with van der Waals surface area (Å²) in [6, 6.07) is 5.88. The zero-order valence-corrected chi connectivity index (χ0v) is 16.5. The highest BCUT2D eigenvalue weighted by Crippen LogP contribution is 2.28. The molecule has 2 rings (SSSR count). The van der Waals surface area contributed by atoms with Crippen LogP contribution < -0.4 is 20.1 Å². The highest BCUT2D eigenvalue weighted by molar-refractivity contribution is 6.35. The molecular weight excluding hydrogens is 344 g/mol. The van der Waals surface area contributed by atoms with Crippen molar-refractivity contribution in [3.8, 4) is 11.5 Å². The molecule has 0 spiro atoms. The van der Waals surface area contributed by atoms with Gasteiger partial charge in [-0.3, -0.25) is 9.59 Å². The molecular formula is C21H32N2O4. The molecule has 6 heteroatoms. The fraction of sp³-hybridized carbons (Fsp3) is 0.619. The van der Waals surface area contributed by atoms with E-state index < -0.39 is 11.8 Å². The number of rotatable bonds is 8. The summed E-state index contributed by atoms with van der Waals surface area (Å²) in [5, 5.41) is 5.57. The average molecular weight is 376 g/mol. The number of ether oxygens (including phenoxy) is 2. The van der Waals surface area contributed by atoms with Gasteiger partial charge in [-0.25, -0.2) is 0 Å². The van der Waals surface area contributed by atoms with Crippen LogP contribution in [0.1, 0.15) is 57.9 Å². The molecule has 0 aliphatic heterocycles. The van der Waals surface area contributed by atoms with E-state index >= 15 is 0 Å². The van der Waals surface area contributed by atoms with Crippen molar-refractivity contribution in [2.45, 2.75) is 64.8 Å². The van der Waals surface area contributed by atoms with E-state index in [4.69, 9.17) is 9.47 Å². The third kappa shape index (κ3) is 7.12. The first-order valence-electron chi connectivity index (χ1n) is 10.1. The van der Waals surface area contributed by atoms with Crippen LogP contribution >= 0.6 is 0 Å². The third-order valence-electron chi connectivity index (χ3n) is 4.70. The van der Waals surface area contributed by atoms with Gasteiger partial charge in [0.05, 0.1) is 13.2 Å². The number of carbonyl (C=O) groups excluding carboxylic acids is 2. The van der Waals surface area contributed by atoms with E-state index in [1.807, 2.05) is 32.0 Å². The van der Waals surface area contributed by atoms with Crippen LogP contribution in [0.25, 0.3) is 0 Å². The molecule has 1 aromatic rings. The number of amides is 2. The molecule has 0 saturated heterocycles. The lowest BCUT2D eigenvalue weighted by molar-refractivity contribution is -0.139. The maximum absolute atomic E-state index is 12.1. The van der Waals surface area contributed by atoms with Gasteiger partial charge in [-0.05, 0) is 50.8 Å². The van der Waals surface area contributed by atoms with Crippen LogP contribution in [0.5, 0.6) is 11.5 Å². The molecule has 1 aliphatic rings. The van der Waals surface area contributed by atoms with Crippen molar-refractivity contribution >= 4 is 11.8 Å². The van der Waals surface area contributed by atoms with Crippen LogP contribution in [0.3, 0.4) is 0 Å². The van der Waals surface area contributed by atoms with Gasteiger partial charge in [0.1, 0.15) is 0 Å². The van der Waals surface area contributed by atoms with E-state index in [1.54, 1.807) is 0 Å². The lowest BCUT2D eigenvalue weighted by Gasteiger charge is -2.16. The molecule has 0 aromatic heterocycles. The summed E-state index contributed by atoms with van der Waals surface area (Å²) in [5.74, 6) is 0.336. The summed E-state index contributed by atoms with van der Waals surface area (Å²) >= 11 is 0. The van der Waals surface area contributed by atoms with Crippen molar-refractivity contribution in [3.05, 3.63) is 23.8 Å². The Labute approximate surface area is 162 Å². The summed E-state index contributed by atoms with van der Waals surface area (Å²) in [4.78, 5) is 24.1. The molecule has 1 fully saturated rings. The largest absolute Gasteiger partial charge is 0.490 e. The van der Waals surface area contributed by atoms with Crippen molar-refractivity contribution in [3.63, 3.8) is 0 Å². The van der Waals surface area contributed by atoms with Crippen LogP contribution in [-0.2, 0) is 16.0 Å². The van der Waals surface area contributed by atoms with Crippen molar-refractivity contribution in [2.75, 3.05) is 19.8 Å². The molecule has 27 heavy (non-hydrogen) atoms. The number of hydrogen-bond acceptors (Lipinski definition) is 4. The molecule has 2 N–H and O–H groups in total. The Balaban J connectivity index is 1.79. The first-order chi connectivity index (χ1) is 13.1. The van der Waals surface area contributed by atoms with Gasteiger partial charge in [0.15, 0.2) is 11.5 Å². The van der Waals surface area contributed by atoms with Crippen molar-refractivity contribution < 1.29 is 19.1 Å². The maximum atomic E-state index is 12.1. The number of benzene rings is 1. The van der Waals surface area contributed by atoms with Gasteiger partial charge in [-0.15, -0.1) is 0 Å². The smallest absolute Gasteiger partial charge is 0.309 e. The summed E-state index contributed by atoms with van der Waals surface area (Å²) in [6.07, 6.45) is 7.21. The highest BCUT2D eigenvalue weighted by atomic mass is 16.5. The highest BCUT2D eigenvalue weighted by Gasteiger charge is 2.19. The second-order valence-electron chi connectivity index (χ2n) is 6.81. The molecule has 2 amide bonds. The summed E-state index contributed by atoms with van der Waals surface area (Å²) < 4.78 is 11.2. The van der Waals surface area contributed by atoms with E-state index in [1.165, 1.54) is 12.8 Å². The van der Waals surface area contributed by atoms with Crippen LogP contribution in [0.4, 0.5) is 0 Å². The minimum absolute atomic E-state index is 0.130. The van der Waals surface area contributed by atoms with E-state index in [0.717, 1.165) is 37.0 Å². The van der Waals surface area contributed by atoms with Gasteiger partial charge in [0.2, 0.25) is 0 Å². The number of carbonyl (C=O) groups is 2. The normalized spacial score (nSPS) is 14.9. The fourth-order valence-electron chi connectivity index (χ4n) is 3.33. The van der Waals surface area contributed by atoms with Gasteiger partial charge in [-0.2, -0.15) is 0 Å². The molecule has 1 aliphatic carbocycles. The Morgan fingerprint density at radius 1 is 0.963 bits per heavy atom. The zero-order valence-electron chi connectivity index (χ0n) is 16.5. The molecule has 6 nitrogen and oxygen atoms in total. The Hall–Kier alpha value is -2.24. The van der Waals surface area contributed by atoms with E-state index in [0.29, 0.717) is 31.9 Å². The third-order valence-corrected chi connectivity index (χ3v) is 4.70. The second-order valence-corrected chi connectivity index (χ2v) is 6.81. The van der Waals surface area contributed by atoms with Crippen LogP contribution in [-0.4, -0.2) is 37.6 Å². The Bertz CT molecular complexity index is 610. The number of hydrogen-bond donors (Lipinski definition) is 2. The van der Waals surface area contributed by atoms with E-state index in [-0.39, 0.29) is 6.04 Å².